The first kappa shape index (κ1) is 28.4. The lowest BCUT2D eigenvalue weighted by Gasteiger charge is -2.32. The molecular formula is C30H33ClFN5O2S. The van der Waals surface area contributed by atoms with E-state index in [2.05, 4.69) is 41.2 Å². The molecule has 0 atom stereocenters. The SMILES string of the molecule is CCc1cc(-c2cnc(CS(=O)(=O)c3ccccc3Cl)c(F)c2)cc2cnc(NC3CCC(N(C)C)CC3)nc12. The molecule has 4 aromatic rings. The van der Waals surface area contributed by atoms with E-state index in [4.69, 9.17) is 16.6 Å². The summed E-state index contributed by atoms with van der Waals surface area (Å²) in [6, 6.07) is 12.3. The topological polar surface area (TPSA) is 88.1 Å². The van der Waals surface area contributed by atoms with Crippen LogP contribution in [-0.4, -0.2) is 54.4 Å². The molecule has 0 bridgehead atoms. The zero-order chi connectivity index (χ0) is 28.4. The Kier molecular flexibility index (Phi) is 8.35. The van der Waals surface area contributed by atoms with E-state index in [0.717, 1.165) is 54.1 Å². The molecule has 0 spiro atoms. The lowest BCUT2D eigenvalue weighted by atomic mass is 9.90. The standard InChI is InChI=1S/C30H33ClFN5O2S/c1-4-19-13-20(14-22-17-34-30(36-29(19)22)35-23-9-11-24(12-10-23)37(2)3)21-15-26(32)27(33-16-21)18-40(38,39)28-8-6-5-7-25(28)31/h5-8,13-17,23-24H,4,9-12,18H2,1-3H3,(H,34,35,36). The molecule has 7 nitrogen and oxygen atoms in total. The van der Waals surface area contributed by atoms with Crippen LogP contribution in [0.3, 0.4) is 0 Å². The van der Waals surface area contributed by atoms with Crippen LogP contribution in [0.1, 0.15) is 43.9 Å². The summed E-state index contributed by atoms with van der Waals surface area (Å²) in [6.45, 7) is 2.05. The van der Waals surface area contributed by atoms with E-state index in [-0.39, 0.29) is 15.6 Å². The molecule has 0 radical (unpaired) electrons. The van der Waals surface area contributed by atoms with Crippen molar-refractivity contribution in [1.82, 2.24) is 19.9 Å². The van der Waals surface area contributed by atoms with Crippen LogP contribution in [0.15, 0.2) is 59.8 Å². The molecule has 10 heteroatoms. The van der Waals surface area contributed by atoms with Crippen molar-refractivity contribution < 1.29 is 12.8 Å². The summed E-state index contributed by atoms with van der Waals surface area (Å²) in [5.74, 6) is -0.646. The van der Waals surface area contributed by atoms with Crippen LogP contribution in [0.4, 0.5) is 10.3 Å². The van der Waals surface area contributed by atoms with Crippen LogP contribution in [0.5, 0.6) is 0 Å². The fourth-order valence-electron chi connectivity index (χ4n) is 5.33. The minimum atomic E-state index is -3.86. The van der Waals surface area contributed by atoms with Crippen LogP contribution in [0.25, 0.3) is 22.0 Å². The lowest BCUT2D eigenvalue weighted by molar-refractivity contribution is 0.221. The second kappa shape index (κ2) is 11.8. The van der Waals surface area contributed by atoms with Crippen LogP contribution >= 0.6 is 11.6 Å². The average molecular weight is 582 g/mol. The molecule has 0 amide bonds. The Labute approximate surface area is 239 Å². The van der Waals surface area contributed by atoms with Gasteiger partial charge >= 0.3 is 0 Å². The number of pyridine rings is 1. The van der Waals surface area contributed by atoms with Gasteiger partial charge in [0, 0.05) is 35.4 Å². The highest BCUT2D eigenvalue weighted by Crippen LogP contribution is 2.30. The fraction of sp³-hybridized carbons (Fsp3) is 0.367. The number of rotatable bonds is 8. The van der Waals surface area contributed by atoms with Crippen molar-refractivity contribution in [2.45, 2.75) is 61.8 Å². The molecule has 1 fully saturated rings. The molecule has 2 aromatic heterocycles. The summed E-state index contributed by atoms with van der Waals surface area (Å²) in [5.41, 5.74) is 3.04. The fourth-order valence-corrected chi connectivity index (χ4v) is 7.20. The number of anilines is 1. The van der Waals surface area contributed by atoms with E-state index >= 15 is 4.39 Å². The van der Waals surface area contributed by atoms with Crippen molar-refractivity contribution in [2.75, 3.05) is 19.4 Å². The van der Waals surface area contributed by atoms with Crippen molar-refractivity contribution in [3.05, 3.63) is 77.0 Å². The minimum Gasteiger partial charge on any atom is -0.351 e. The molecule has 1 aliphatic rings. The number of halogens is 2. The predicted molar refractivity (Wildman–Crippen MR) is 158 cm³/mol. The van der Waals surface area contributed by atoms with Crippen molar-refractivity contribution in [3.8, 4) is 11.1 Å². The molecule has 210 valence electrons. The molecule has 1 aliphatic carbocycles. The maximum atomic E-state index is 15.1. The van der Waals surface area contributed by atoms with E-state index in [9.17, 15) is 8.42 Å². The Hall–Kier alpha value is -3.14. The second-order valence-electron chi connectivity index (χ2n) is 10.6. The Balaban J connectivity index is 1.37. The van der Waals surface area contributed by atoms with E-state index in [1.54, 1.807) is 18.3 Å². The van der Waals surface area contributed by atoms with Gasteiger partial charge in [-0.05, 0) is 87.7 Å². The van der Waals surface area contributed by atoms with E-state index in [0.29, 0.717) is 23.6 Å². The molecule has 0 aliphatic heterocycles. The summed E-state index contributed by atoms with van der Waals surface area (Å²) in [7, 11) is 0.408. The van der Waals surface area contributed by atoms with Gasteiger partial charge in [-0.15, -0.1) is 0 Å². The molecule has 2 aromatic carbocycles. The van der Waals surface area contributed by atoms with Gasteiger partial charge in [-0.3, -0.25) is 4.98 Å². The van der Waals surface area contributed by atoms with Gasteiger partial charge in [-0.1, -0.05) is 30.7 Å². The number of benzene rings is 2. The van der Waals surface area contributed by atoms with Gasteiger partial charge < -0.3 is 10.2 Å². The van der Waals surface area contributed by atoms with Crippen LogP contribution in [0, 0.1) is 5.82 Å². The van der Waals surface area contributed by atoms with E-state index in [1.165, 1.54) is 24.4 Å². The third kappa shape index (κ3) is 6.11. The van der Waals surface area contributed by atoms with Gasteiger partial charge in [0.25, 0.3) is 0 Å². The quantitative estimate of drug-likeness (QED) is 0.261. The van der Waals surface area contributed by atoms with Crippen molar-refractivity contribution in [2.24, 2.45) is 0 Å². The number of sulfone groups is 1. The van der Waals surface area contributed by atoms with Crippen LogP contribution in [-0.2, 0) is 22.0 Å². The summed E-state index contributed by atoms with van der Waals surface area (Å²) >= 11 is 6.06. The zero-order valence-corrected chi connectivity index (χ0v) is 24.4. The summed E-state index contributed by atoms with van der Waals surface area (Å²) < 4.78 is 40.8. The van der Waals surface area contributed by atoms with Crippen molar-refractivity contribution >= 4 is 38.3 Å². The largest absolute Gasteiger partial charge is 0.351 e. The summed E-state index contributed by atoms with van der Waals surface area (Å²) in [6.07, 6.45) is 8.50. The summed E-state index contributed by atoms with van der Waals surface area (Å²) in [5, 5.41) is 4.47. The molecular weight excluding hydrogens is 549 g/mol. The molecule has 5 rings (SSSR count). The summed E-state index contributed by atoms with van der Waals surface area (Å²) in [4.78, 5) is 15.8. The van der Waals surface area contributed by atoms with Gasteiger partial charge in [0.1, 0.15) is 5.82 Å². The highest BCUT2D eigenvalue weighted by molar-refractivity contribution is 7.90. The van der Waals surface area contributed by atoms with Gasteiger partial charge in [-0.25, -0.2) is 22.8 Å². The van der Waals surface area contributed by atoms with E-state index < -0.39 is 21.4 Å². The minimum absolute atomic E-state index is 0.0424. The maximum absolute atomic E-state index is 15.1. The molecule has 1 saturated carbocycles. The maximum Gasteiger partial charge on any atom is 0.223 e. The molecule has 1 N–H and O–H groups in total. The number of hydrogen-bond acceptors (Lipinski definition) is 7. The highest BCUT2D eigenvalue weighted by atomic mass is 35.5. The molecule has 0 saturated heterocycles. The monoisotopic (exact) mass is 581 g/mol. The Morgan fingerprint density at radius 3 is 2.45 bits per heavy atom. The Morgan fingerprint density at radius 2 is 1.77 bits per heavy atom. The smallest absolute Gasteiger partial charge is 0.223 e. The Morgan fingerprint density at radius 1 is 1.02 bits per heavy atom. The number of aryl methyl sites for hydroxylation is 1. The first-order valence-corrected chi connectivity index (χ1v) is 15.5. The van der Waals surface area contributed by atoms with Gasteiger partial charge in [-0.2, -0.15) is 0 Å². The zero-order valence-electron chi connectivity index (χ0n) is 22.9. The van der Waals surface area contributed by atoms with Gasteiger partial charge in [0.05, 0.1) is 26.9 Å². The number of hydrogen-bond donors (Lipinski definition) is 1. The van der Waals surface area contributed by atoms with Crippen LogP contribution in [0.2, 0.25) is 5.02 Å². The van der Waals surface area contributed by atoms with Gasteiger partial charge in [0.15, 0.2) is 9.84 Å². The van der Waals surface area contributed by atoms with Gasteiger partial charge in [0.2, 0.25) is 5.95 Å². The first-order chi connectivity index (χ1) is 19.1. The third-order valence-electron chi connectivity index (χ3n) is 7.65. The molecule has 40 heavy (non-hydrogen) atoms. The normalized spacial score (nSPS) is 17.9. The number of aromatic nitrogens is 3. The number of fused-ring (bicyclic) bond motifs is 1. The van der Waals surface area contributed by atoms with Crippen molar-refractivity contribution in [1.29, 1.82) is 0 Å². The average Bonchev–Trinajstić information content (AvgIpc) is 2.94. The predicted octanol–water partition coefficient (Wildman–Crippen LogP) is 6.31. The van der Waals surface area contributed by atoms with Crippen LogP contribution < -0.4 is 5.32 Å². The van der Waals surface area contributed by atoms with E-state index in [1.807, 2.05) is 12.1 Å². The molecule has 2 heterocycles. The number of nitrogens with one attached hydrogen (secondary N) is 1. The third-order valence-corrected chi connectivity index (χ3v) is 9.77. The highest BCUT2D eigenvalue weighted by Gasteiger charge is 2.24. The lowest BCUT2D eigenvalue weighted by Crippen LogP contribution is -2.36. The second-order valence-corrected chi connectivity index (χ2v) is 12.9. The van der Waals surface area contributed by atoms with Crippen molar-refractivity contribution in [3.63, 3.8) is 0 Å². The first-order valence-electron chi connectivity index (χ1n) is 13.5. The Bertz CT molecular complexity index is 1640. The molecule has 0 unspecified atom stereocenters. The number of nitrogens with zero attached hydrogens (tertiary/aromatic N) is 4.